The summed E-state index contributed by atoms with van der Waals surface area (Å²) in [6.07, 6.45) is 1.09. The van der Waals surface area contributed by atoms with Crippen LogP contribution in [-0.2, 0) is 0 Å². The molecule has 0 bridgehead atoms. The smallest absolute Gasteiger partial charge is 0.0615 e. The van der Waals surface area contributed by atoms with Crippen molar-refractivity contribution in [2.75, 3.05) is 11.6 Å². The summed E-state index contributed by atoms with van der Waals surface area (Å²) in [5, 5.41) is 0. The molecule has 0 spiro atoms. The highest BCUT2D eigenvalue weighted by Gasteiger charge is 2.03. The van der Waals surface area contributed by atoms with Crippen molar-refractivity contribution in [1.29, 1.82) is 0 Å². The zero-order valence-electron chi connectivity index (χ0n) is 3.85. The largest absolute Gasteiger partial charge is 0.224 e. The lowest BCUT2D eigenvalue weighted by Gasteiger charge is -1.82. The highest BCUT2D eigenvalue weighted by molar-refractivity contribution is 7.98. The first-order valence-corrected chi connectivity index (χ1v) is 3.65. The second kappa shape index (κ2) is 2.58. The van der Waals surface area contributed by atoms with Crippen LogP contribution in [0.1, 0.15) is 6.42 Å². The van der Waals surface area contributed by atoms with Crippen molar-refractivity contribution in [1.82, 2.24) is 0 Å². The summed E-state index contributed by atoms with van der Waals surface area (Å²) in [7, 11) is 0. The highest BCUT2D eigenvalue weighted by Crippen LogP contribution is 2.14. The second-order valence-corrected chi connectivity index (χ2v) is 2.49. The van der Waals surface area contributed by atoms with Gasteiger partial charge in [0.1, 0.15) is 0 Å². The minimum Gasteiger partial charge on any atom is -0.224 e. The molecule has 0 aromatic rings. The number of hydrogen-bond donors (Lipinski definition) is 0. The zero-order valence-corrected chi connectivity index (χ0v) is 5.43. The van der Waals surface area contributed by atoms with Gasteiger partial charge in [-0.3, -0.25) is 0 Å². The molecule has 0 fully saturated rings. The fourth-order valence-corrected chi connectivity index (χ4v) is 1.46. The molecule has 0 N–H and O–H groups in total. The Hall–Kier alpha value is 0.310. The van der Waals surface area contributed by atoms with Gasteiger partial charge in [0, 0.05) is 11.5 Å². The Bertz CT molecular complexity index is 91.7. The average Bonchev–Trinajstić information content (AvgIpc) is 2.14. The van der Waals surface area contributed by atoms with E-state index < -0.39 is 0 Å². The molecule has 0 aromatic carbocycles. The molecule has 0 atom stereocenters. The number of rotatable bonds is 1. The summed E-state index contributed by atoms with van der Waals surface area (Å²) in [5.41, 5.74) is 1.15. The van der Waals surface area contributed by atoms with Crippen molar-refractivity contribution < 1.29 is 0 Å². The first-order valence-electron chi connectivity index (χ1n) is 2.17. The third-order valence-electron chi connectivity index (χ3n) is 0.830. The Morgan fingerprint density at radius 2 is 2.71 bits per heavy atom. The van der Waals surface area contributed by atoms with Crippen LogP contribution in [0.5, 0.6) is 0 Å². The predicted octanol–water partition coefficient (Wildman–Crippen LogP) is 1.72. The van der Waals surface area contributed by atoms with Gasteiger partial charge in [-0.1, -0.05) is 0 Å². The maximum atomic E-state index is 5.46. The van der Waals surface area contributed by atoms with Crippen LogP contribution in [0.15, 0.2) is 4.40 Å². The highest BCUT2D eigenvalue weighted by atomic mass is 35.5. The van der Waals surface area contributed by atoms with E-state index in [2.05, 4.69) is 4.40 Å². The Morgan fingerprint density at radius 3 is 3.00 bits per heavy atom. The van der Waals surface area contributed by atoms with E-state index in [0.29, 0.717) is 5.88 Å². The van der Waals surface area contributed by atoms with E-state index in [4.69, 9.17) is 11.6 Å². The molecule has 0 aliphatic carbocycles. The summed E-state index contributed by atoms with van der Waals surface area (Å²) in [6.45, 7) is 0. The van der Waals surface area contributed by atoms with E-state index in [1.807, 2.05) is 0 Å². The maximum Gasteiger partial charge on any atom is 0.0615 e. The van der Waals surface area contributed by atoms with Gasteiger partial charge in [-0.25, -0.2) is 4.40 Å². The Morgan fingerprint density at radius 1 is 1.86 bits per heavy atom. The number of hydrogen-bond acceptors (Lipinski definition) is 2. The molecule has 0 radical (unpaired) electrons. The van der Waals surface area contributed by atoms with Gasteiger partial charge in [-0.2, -0.15) is 0 Å². The minimum absolute atomic E-state index is 0.618. The van der Waals surface area contributed by atoms with Crippen molar-refractivity contribution in [3.8, 4) is 0 Å². The molecule has 0 amide bonds. The molecular formula is C4H6ClNS. The van der Waals surface area contributed by atoms with Crippen LogP contribution in [0.25, 0.3) is 0 Å². The van der Waals surface area contributed by atoms with Crippen LogP contribution in [0.3, 0.4) is 0 Å². The van der Waals surface area contributed by atoms with Crippen molar-refractivity contribution in [2.24, 2.45) is 4.40 Å². The fraction of sp³-hybridized carbons (Fsp3) is 0.750. The summed E-state index contributed by atoms with van der Waals surface area (Å²) in [6, 6.07) is 0. The molecule has 0 saturated carbocycles. The lowest BCUT2D eigenvalue weighted by Crippen LogP contribution is -1.93. The molecule has 1 heterocycles. The molecule has 0 aromatic heterocycles. The van der Waals surface area contributed by atoms with E-state index in [1.54, 1.807) is 11.9 Å². The predicted molar refractivity (Wildman–Crippen MR) is 35.2 cm³/mol. The number of nitrogens with zero attached hydrogens (tertiary/aromatic N) is 1. The number of alkyl halides is 1. The summed E-state index contributed by atoms with van der Waals surface area (Å²) < 4.78 is 4.06. The van der Waals surface area contributed by atoms with Crippen LogP contribution in [0.2, 0.25) is 0 Å². The SMILES string of the molecule is ClCC1=NSCC1. The lowest BCUT2D eigenvalue weighted by molar-refractivity contribution is 1.34. The lowest BCUT2D eigenvalue weighted by atomic mass is 10.3. The molecule has 1 rings (SSSR count). The fourth-order valence-electron chi connectivity index (χ4n) is 0.437. The van der Waals surface area contributed by atoms with Gasteiger partial charge in [0.15, 0.2) is 0 Å². The van der Waals surface area contributed by atoms with Crippen LogP contribution in [0.4, 0.5) is 0 Å². The van der Waals surface area contributed by atoms with Gasteiger partial charge in [0.25, 0.3) is 0 Å². The van der Waals surface area contributed by atoms with E-state index in [0.717, 1.165) is 17.9 Å². The monoisotopic (exact) mass is 135 g/mol. The van der Waals surface area contributed by atoms with Gasteiger partial charge < -0.3 is 0 Å². The molecule has 1 aliphatic rings. The van der Waals surface area contributed by atoms with Gasteiger partial charge in [0.2, 0.25) is 0 Å². The summed E-state index contributed by atoms with van der Waals surface area (Å²) in [4.78, 5) is 0. The van der Waals surface area contributed by atoms with Crippen molar-refractivity contribution in [2.45, 2.75) is 6.42 Å². The molecule has 40 valence electrons. The maximum absolute atomic E-state index is 5.46. The van der Waals surface area contributed by atoms with Crippen molar-refractivity contribution >= 4 is 29.3 Å². The summed E-state index contributed by atoms with van der Waals surface area (Å²) >= 11 is 7.07. The van der Waals surface area contributed by atoms with Crippen LogP contribution in [0, 0.1) is 0 Å². The van der Waals surface area contributed by atoms with Crippen LogP contribution in [-0.4, -0.2) is 17.3 Å². The Kier molecular flexibility index (Phi) is 2.00. The van der Waals surface area contributed by atoms with E-state index in [-0.39, 0.29) is 0 Å². The molecule has 7 heavy (non-hydrogen) atoms. The van der Waals surface area contributed by atoms with E-state index in [9.17, 15) is 0 Å². The molecule has 1 aliphatic heterocycles. The van der Waals surface area contributed by atoms with Crippen molar-refractivity contribution in [3.63, 3.8) is 0 Å². The first kappa shape index (κ1) is 5.45. The van der Waals surface area contributed by atoms with Gasteiger partial charge >= 0.3 is 0 Å². The average molecular weight is 136 g/mol. The topological polar surface area (TPSA) is 12.4 Å². The van der Waals surface area contributed by atoms with Crippen LogP contribution >= 0.6 is 23.5 Å². The number of halogens is 1. The first-order chi connectivity index (χ1) is 3.43. The third kappa shape index (κ3) is 1.35. The standard InChI is InChI=1S/C4H6ClNS/c5-3-4-1-2-7-6-4/h1-3H2. The van der Waals surface area contributed by atoms with E-state index >= 15 is 0 Å². The molecular weight excluding hydrogens is 130 g/mol. The molecule has 0 unspecified atom stereocenters. The molecule has 0 saturated heterocycles. The summed E-state index contributed by atoms with van der Waals surface area (Å²) in [5.74, 6) is 1.75. The van der Waals surface area contributed by atoms with Crippen LogP contribution < -0.4 is 0 Å². The van der Waals surface area contributed by atoms with Crippen molar-refractivity contribution in [3.05, 3.63) is 0 Å². The van der Waals surface area contributed by atoms with Gasteiger partial charge in [0.05, 0.1) is 5.88 Å². The van der Waals surface area contributed by atoms with Gasteiger partial charge in [-0.05, 0) is 18.4 Å². The zero-order chi connectivity index (χ0) is 5.11. The minimum atomic E-state index is 0.618. The van der Waals surface area contributed by atoms with Gasteiger partial charge in [-0.15, -0.1) is 11.6 Å². The molecule has 1 nitrogen and oxygen atoms in total. The quantitative estimate of drug-likeness (QED) is 0.394. The second-order valence-electron chi connectivity index (χ2n) is 1.37. The molecule has 3 heteroatoms. The Balaban J connectivity index is 2.36. The Labute approximate surface area is 52.3 Å². The third-order valence-corrected chi connectivity index (χ3v) is 1.91. The normalized spacial score (nSPS) is 19.9. The van der Waals surface area contributed by atoms with E-state index in [1.165, 1.54) is 0 Å².